The number of benzene rings is 1. The van der Waals surface area contributed by atoms with Crippen molar-refractivity contribution in [3.63, 3.8) is 0 Å². The van der Waals surface area contributed by atoms with E-state index in [-0.39, 0.29) is 5.91 Å². The monoisotopic (exact) mass is 232 g/mol. The number of nitrogens with two attached hydrogens (primary N) is 1. The van der Waals surface area contributed by atoms with Crippen molar-refractivity contribution >= 4 is 5.91 Å². The molecular weight excluding hydrogens is 212 g/mol. The summed E-state index contributed by atoms with van der Waals surface area (Å²) in [5.74, 6) is 0.691. The maximum absolute atomic E-state index is 11.6. The molecule has 1 aliphatic carbocycles. The Kier molecular flexibility index (Phi) is 4.15. The average Bonchev–Trinajstić information content (AvgIpc) is 3.10. The maximum atomic E-state index is 11.6. The van der Waals surface area contributed by atoms with Crippen LogP contribution in [0.3, 0.4) is 0 Å². The molecule has 1 aromatic rings. The van der Waals surface area contributed by atoms with Crippen molar-refractivity contribution in [3.05, 3.63) is 35.9 Å². The molecule has 2 rings (SSSR count). The van der Waals surface area contributed by atoms with Crippen LogP contribution >= 0.6 is 0 Å². The highest BCUT2D eigenvalue weighted by atomic mass is 16.1. The summed E-state index contributed by atoms with van der Waals surface area (Å²) in [5.41, 5.74) is 6.73. The van der Waals surface area contributed by atoms with Gasteiger partial charge in [0.05, 0.1) is 0 Å². The first-order valence-electron chi connectivity index (χ1n) is 6.35. The summed E-state index contributed by atoms with van der Waals surface area (Å²) in [6.07, 6.45) is 3.51. The molecule has 2 unspecified atom stereocenters. The van der Waals surface area contributed by atoms with E-state index in [0.29, 0.717) is 24.9 Å². The van der Waals surface area contributed by atoms with Crippen molar-refractivity contribution in [1.82, 2.24) is 5.32 Å². The van der Waals surface area contributed by atoms with Crippen LogP contribution in [-0.4, -0.2) is 18.5 Å². The van der Waals surface area contributed by atoms with Crippen molar-refractivity contribution in [3.8, 4) is 0 Å². The Balaban J connectivity index is 1.71. The highest BCUT2D eigenvalue weighted by Gasteiger charge is 2.38. The molecule has 3 nitrogen and oxygen atoms in total. The fourth-order valence-electron chi connectivity index (χ4n) is 2.13. The van der Waals surface area contributed by atoms with Gasteiger partial charge in [-0.3, -0.25) is 4.79 Å². The van der Waals surface area contributed by atoms with Gasteiger partial charge in [-0.2, -0.15) is 0 Å². The number of rotatable bonds is 6. The summed E-state index contributed by atoms with van der Waals surface area (Å²) in [7, 11) is 0. The van der Waals surface area contributed by atoms with Crippen molar-refractivity contribution in [2.75, 3.05) is 6.54 Å². The molecule has 1 amide bonds. The van der Waals surface area contributed by atoms with Gasteiger partial charge in [-0.15, -0.1) is 0 Å². The maximum Gasteiger partial charge on any atom is 0.220 e. The Morgan fingerprint density at radius 3 is 2.76 bits per heavy atom. The van der Waals surface area contributed by atoms with Gasteiger partial charge in [0.2, 0.25) is 5.91 Å². The zero-order chi connectivity index (χ0) is 12.1. The lowest BCUT2D eigenvalue weighted by Crippen LogP contribution is -2.26. The van der Waals surface area contributed by atoms with Gasteiger partial charge in [0.1, 0.15) is 0 Å². The van der Waals surface area contributed by atoms with E-state index in [2.05, 4.69) is 17.4 Å². The van der Waals surface area contributed by atoms with E-state index in [1.54, 1.807) is 0 Å². The first kappa shape index (κ1) is 12.1. The molecule has 0 aliphatic heterocycles. The molecule has 0 radical (unpaired) electrons. The minimum absolute atomic E-state index is 0.168. The molecule has 92 valence electrons. The average molecular weight is 232 g/mol. The number of carbonyl (C=O) groups excluding carboxylic acids is 1. The van der Waals surface area contributed by atoms with Crippen LogP contribution in [0.25, 0.3) is 0 Å². The van der Waals surface area contributed by atoms with Crippen molar-refractivity contribution in [1.29, 1.82) is 0 Å². The van der Waals surface area contributed by atoms with E-state index in [9.17, 15) is 4.79 Å². The lowest BCUT2D eigenvalue weighted by atomic mass is 10.1. The molecule has 0 aromatic heterocycles. The van der Waals surface area contributed by atoms with Crippen LogP contribution in [0, 0.1) is 0 Å². The topological polar surface area (TPSA) is 55.1 Å². The fraction of sp³-hybridized carbons (Fsp3) is 0.500. The third kappa shape index (κ3) is 3.56. The molecule has 1 aliphatic rings. The number of nitrogens with one attached hydrogen (secondary N) is 1. The van der Waals surface area contributed by atoms with E-state index < -0.39 is 0 Å². The Labute approximate surface area is 102 Å². The number of amides is 1. The number of hydrogen-bond acceptors (Lipinski definition) is 2. The molecular formula is C14H20N2O. The van der Waals surface area contributed by atoms with Gasteiger partial charge in [0.25, 0.3) is 0 Å². The first-order chi connectivity index (χ1) is 8.31. The second-order valence-electron chi connectivity index (χ2n) is 4.67. The van der Waals surface area contributed by atoms with Crippen LogP contribution in [-0.2, 0) is 4.79 Å². The Morgan fingerprint density at radius 1 is 1.29 bits per heavy atom. The van der Waals surface area contributed by atoms with Crippen LogP contribution in [0.2, 0.25) is 0 Å². The summed E-state index contributed by atoms with van der Waals surface area (Å²) < 4.78 is 0. The Hall–Kier alpha value is -1.35. The number of unbranched alkanes of at least 4 members (excludes halogenated alkanes) is 1. The standard InChI is InChI=1S/C14H20N2O/c15-9-5-4-8-14(17)16-13-10-12(13)11-6-2-1-3-7-11/h1-3,6-7,12-13H,4-5,8-10,15H2,(H,16,17). The Morgan fingerprint density at radius 2 is 2.06 bits per heavy atom. The molecule has 3 heteroatoms. The highest BCUT2D eigenvalue weighted by Crippen LogP contribution is 2.40. The van der Waals surface area contributed by atoms with Crippen LogP contribution in [0.5, 0.6) is 0 Å². The van der Waals surface area contributed by atoms with E-state index in [0.717, 1.165) is 19.3 Å². The summed E-state index contributed by atoms with van der Waals surface area (Å²) in [5, 5.41) is 3.08. The molecule has 0 heterocycles. The number of carbonyl (C=O) groups is 1. The van der Waals surface area contributed by atoms with Crippen molar-refractivity contribution in [2.24, 2.45) is 5.73 Å². The van der Waals surface area contributed by atoms with Gasteiger partial charge in [-0.1, -0.05) is 30.3 Å². The lowest BCUT2D eigenvalue weighted by Gasteiger charge is -2.04. The van der Waals surface area contributed by atoms with Gasteiger partial charge >= 0.3 is 0 Å². The van der Waals surface area contributed by atoms with Gasteiger partial charge in [-0.25, -0.2) is 0 Å². The van der Waals surface area contributed by atoms with Gasteiger partial charge in [-0.05, 0) is 31.4 Å². The SMILES string of the molecule is NCCCCC(=O)NC1CC1c1ccccc1. The zero-order valence-corrected chi connectivity index (χ0v) is 10.1. The van der Waals surface area contributed by atoms with Crippen molar-refractivity contribution in [2.45, 2.75) is 37.6 Å². The summed E-state index contributed by atoms with van der Waals surface area (Å²) in [6.45, 7) is 0.670. The van der Waals surface area contributed by atoms with E-state index in [4.69, 9.17) is 5.73 Å². The molecule has 1 fully saturated rings. The second kappa shape index (κ2) is 5.82. The molecule has 1 saturated carbocycles. The molecule has 0 spiro atoms. The molecule has 3 N–H and O–H groups in total. The van der Waals surface area contributed by atoms with Crippen LogP contribution in [0.15, 0.2) is 30.3 Å². The predicted molar refractivity (Wildman–Crippen MR) is 68.6 cm³/mol. The van der Waals surface area contributed by atoms with Gasteiger partial charge in [0, 0.05) is 18.4 Å². The summed E-state index contributed by atoms with van der Waals surface area (Å²) in [6, 6.07) is 10.7. The van der Waals surface area contributed by atoms with E-state index >= 15 is 0 Å². The quantitative estimate of drug-likeness (QED) is 0.735. The third-order valence-electron chi connectivity index (χ3n) is 3.22. The molecule has 0 bridgehead atoms. The zero-order valence-electron chi connectivity index (χ0n) is 10.1. The third-order valence-corrected chi connectivity index (χ3v) is 3.22. The molecule has 17 heavy (non-hydrogen) atoms. The van der Waals surface area contributed by atoms with Crippen LogP contribution < -0.4 is 11.1 Å². The van der Waals surface area contributed by atoms with Crippen LogP contribution in [0.1, 0.15) is 37.2 Å². The summed E-state index contributed by atoms with van der Waals surface area (Å²) >= 11 is 0. The lowest BCUT2D eigenvalue weighted by molar-refractivity contribution is -0.121. The smallest absolute Gasteiger partial charge is 0.220 e. The van der Waals surface area contributed by atoms with Crippen LogP contribution in [0.4, 0.5) is 0 Å². The van der Waals surface area contributed by atoms with E-state index in [1.165, 1.54) is 5.56 Å². The highest BCUT2D eigenvalue weighted by molar-refractivity contribution is 5.76. The first-order valence-corrected chi connectivity index (χ1v) is 6.35. The molecule has 2 atom stereocenters. The summed E-state index contributed by atoms with van der Waals surface area (Å²) in [4.78, 5) is 11.6. The number of hydrogen-bond donors (Lipinski definition) is 2. The van der Waals surface area contributed by atoms with Gasteiger partial charge < -0.3 is 11.1 Å². The molecule has 1 aromatic carbocycles. The van der Waals surface area contributed by atoms with Gasteiger partial charge in [0.15, 0.2) is 0 Å². The fourth-order valence-corrected chi connectivity index (χ4v) is 2.13. The minimum atomic E-state index is 0.168. The molecule has 0 saturated heterocycles. The Bertz CT molecular complexity index is 364. The normalized spacial score (nSPS) is 22.2. The minimum Gasteiger partial charge on any atom is -0.353 e. The van der Waals surface area contributed by atoms with E-state index in [1.807, 2.05) is 18.2 Å². The largest absolute Gasteiger partial charge is 0.353 e. The second-order valence-corrected chi connectivity index (χ2v) is 4.67. The van der Waals surface area contributed by atoms with Crippen molar-refractivity contribution < 1.29 is 4.79 Å². The predicted octanol–water partition coefficient (Wildman–Crippen LogP) is 1.79.